The fourth-order valence-electron chi connectivity index (χ4n) is 3.70. The zero-order chi connectivity index (χ0) is 22.7. The van der Waals surface area contributed by atoms with Crippen LogP contribution in [0.4, 0.5) is 5.69 Å². The summed E-state index contributed by atoms with van der Waals surface area (Å²) < 4.78 is 11.6. The van der Waals surface area contributed by atoms with Crippen LogP contribution in [0, 0.1) is 13.8 Å². The molecule has 32 heavy (non-hydrogen) atoms. The topological polar surface area (TPSA) is 64.4 Å². The molecule has 0 bridgehead atoms. The molecule has 5 nitrogen and oxygen atoms in total. The van der Waals surface area contributed by atoms with Crippen molar-refractivity contribution >= 4 is 22.7 Å². The first-order valence-corrected chi connectivity index (χ1v) is 10.9. The van der Waals surface area contributed by atoms with Gasteiger partial charge in [0.15, 0.2) is 12.2 Å². The number of anilines is 1. The number of fused-ring (bicyclic) bond motifs is 1. The number of nitrogens with zero attached hydrogens (tertiary/aromatic N) is 1. The number of carbonyl (C=O) groups is 1. The van der Waals surface area contributed by atoms with Gasteiger partial charge < -0.3 is 14.5 Å². The second-order valence-electron chi connectivity index (χ2n) is 8.25. The Kier molecular flexibility index (Phi) is 6.26. The Morgan fingerprint density at radius 2 is 1.88 bits per heavy atom. The first-order chi connectivity index (χ1) is 15.4. The van der Waals surface area contributed by atoms with Crippen molar-refractivity contribution in [2.75, 3.05) is 11.9 Å². The zero-order valence-electron chi connectivity index (χ0n) is 18.9. The number of aromatic nitrogens is 1. The van der Waals surface area contributed by atoms with Crippen molar-refractivity contribution in [3.8, 4) is 17.2 Å². The summed E-state index contributed by atoms with van der Waals surface area (Å²) in [5.41, 5.74) is 6.55. The first kappa shape index (κ1) is 21.6. The predicted octanol–water partition coefficient (Wildman–Crippen LogP) is 6.64. The molecule has 1 amide bonds. The molecule has 1 atom stereocenters. The van der Waals surface area contributed by atoms with Gasteiger partial charge in [0.05, 0.1) is 0 Å². The molecule has 0 radical (unpaired) electrons. The number of amides is 1. The summed E-state index contributed by atoms with van der Waals surface area (Å²) in [4.78, 5) is 17.0. The Bertz CT molecular complexity index is 1240. The first-order valence-electron chi connectivity index (χ1n) is 10.9. The number of aryl methyl sites for hydroxylation is 2. The lowest BCUT2D eigenvalue weighted by Crippen LogP contribution is -2.20. The normalized spacial score (nSPS) is 12.0. The smallest absolute Gasteiger partial charge is 0.262 e. The molecule has 0 aliphatic heterocycles. The van der Waals surface area contributed by atoms with Gasteiger partial charge in [-0.3, -0.25) is 4.79 Å². The van der Waals surface area contributed by atoms with Gasteiger partial charge in [0.2, 0.25) is 5.89 Å². The summed E-state index contributed by atoms with van der Waals surface area (Å²) in [6.45, 7) is 8.35. The van der Waals surface area contributed by atoms with Crippen LogP contribution < -0.4 is 10.1 Å². The monoisotopic (exact) mass is 428 g/mol. The largest absolute Gasteiger partial charge is 0.484 e. The molecular formula is C27H28N2O3. The van der Waals surface area contributed by atoms with Crippen LogP contribution in [0.25, 0.3) is 22.6 Å². The highest BCUT2D eigenvalue weighted by Crippen LogP contribution is 2.29. The maximum atomic E-state index is 12.4. The molecule has 1 N–H and O–H groups in total. The molecule has 0 spiro atoms. The summed E-state index contributed by atoms with van der Waals surface area (Å²) in [6, 6.07) is 19.5. The Labute approximate surface area is 188 Å². The van der Waals surface area contributed by atoms with Crippen molar-refractivity contribution in [1.82, 2.24) is 4.98 Å². The molecule has 0 aliphatic rings. The number of benzene rings is 3. The molecule has 4 aromatic rings. The molecule has 1 aromatic heterocycles. The van der Waals surface area contributed by atoms with Gasteiger partial charge in [-0.1, -0.05) is 38.1 Å². The third kappa shape index (κ3) is 4.83. The fraction of sp³-hybridized carbons (Fsp3) is 0.259. The molecule has 0 unspecified atom stereocenters. The van der Waals surface area contributed by atoms with E-state index in [4.69, 9.17) is 9.15 Å². The van der Waals surface area contributed by atoms with Crippen LogP contribution >= 0.6 is 0 Å². The van der Waals surface area contributed by atoms with E-state index in [0.717, 1.165) is 34.2 Å². The number of ether oxygens (including phenoxy) is 1. The van der Waals surface area contributed by atoms with Crippen molar-refractivity contribution in [1.29, 1.82) is 0 Å². The lowest BCUT2D eigenvalue weighted by Gasteiger charge is -2.11. The van der Waals surface area contributed by atoms with Gasteiger partial charge >= 0.3 is 0 Å². The Balaban J connectivity index is 1.41. The minimum absolute atomic E-state index is 0.0612. The summed E-state index contributed by atoms with van der Waals surface area (Å²) in [5, 5.41) is 2.88. The number of oxazole rings is 1. The SMILES string of the molecule is CC[C@@H](C)c1ccc(OCC(=O)Nc2cccc(-c3nc4cc(C)cc(C)c4o3)c2)cc1. The summed E-state index contributed by atoms with van der Waals surface area (Å²) in [6.07, 6.45) is 1.09. The third-order valence-electron chi connectivity index (χ3n) is 5.64. The molecular weight excluding hydrogens is 400 g/mol. The van der Waals surface area contributed by atoms with E-state index in [-0.39, 0.29) is 12.5 Å². The highest BCUT2D eigenvalue weighted by atomic mass is 16.5. The minimum Gasteiger partial charge on any atom is -0.484 e. The average molecular weight is 429 g/mol. The number of nitrogens with one attached hydrogen (secondary N) is 1. The molecule has 0 saturated carbocycles. The highest BCUT2D eigenvalue weighted by molar-refractivity contribution is 5.92. The van der Waals surface area contributed by atoms with Crippen LogP contribution in [0.1, 0.15) is 42.9 Å². The number of rotatable bonds is 7. The second kappa shape index (κ2) is 9.27. The average Bonchev–Trinajstić information content (AvgIpc) is 3.22. The van der Waals surface area contributed by atoms with Gasteiger partial charge in [-0.25, -0.2) is 4.98 Å². The van der Waals surface area contributed by atoms with E-state index < -0.39 is 0 Å². The highest BCUT2D eigenvalue weighted by Gasteiger charge is 2.12. The summed E-state index contributed by atoms with van der Waals surface area (Å²) in [7, 11) is 0. The van der Waals surface area contributed by atoms with Gasteiger partial charge in [0.25, 0.3) is 5.91 Å². The molecule has 5 heteroatoms. The van der Waals surface area contributed by atoms with Crippen molar-refractivity contribution < 1.29 is 13.9 Å². The lowest BCUT2D eigenvalue weighted by molar-refractivity contribution is -0.118. The molecule has 0 saturated heterocycles. The van der Waals surface area contributed by atoms with Crippen molar-refractivity contribution in [3.05, 3.63) is 77.4 Å². The van der Waals surface area contributed by atoms with E-state index >= 15 is 0 Å². The second-order valence-corrected chi connectivity index (χ2v) is 8.25. The molecule has 0 aliphatic carbocycles. The number of carbonyl (C=O) groups excluding carboxylic acids is 1. The van der Waals surface area contributed by atoms with Gasteiger partial charge in [-0.15, -0.1) is 0 Å². The van der Waals surface area contributed by atoms with Crippen molar-refractivity contribution in [3.63, 3.8) is 0 Å². The van der Waals surface area contributed by atoms with Crippen molar-refractivity contribution in [2.45, 2.75) is 40.0 Å². The van der Waals surface area contributed by atoms with Crippen LogP contribution in [0.15, 0.2) is 65.1 Å². The van der Waals surface area contributed by atoms with E-state index in [1.54, 1.807) is 0 Å². The maximum Gasteiger partial charge on any atom is 0.262 e. The van der Waals surface area contributed by atoms with Crippen LogP contribution in [-0.2, 0) is 4.79 Å². The maximum absolute atomic E-state index is 12.4. The number of hydrogen-bond donors (Lipinski definition) is 1. The lowest BCUT2D eigenvalue weighted by atomic mass is 9.99. The van der Waals surface area contributed by atoms with E-state index in [1.165, 1.54) is 5.56 Å². The van der Waals surface area contributed by atoms with Gasteiger partial charge in [0.1, 0.15) is 11.3 Å². The quantitative estimate of drug-likeness (QED) is 0.358. The van der Waals surface area contributed by atoms with E-state index in [1.807, 2.05) is 56.3 Å². The zero-order valence-corrected chi connectivity index (χ0v) is 18.9. The molecule has 164 valence electrons. The Morgan fingerprint density at radius 1 is 1.09 bits per heavy atom. The van der Waals surface area contributed by atoms with Crippen LogP contribution in [0.3, 0.4) is 0 Å². The number of hydrogen-bond acceptors (Lipinski definition) is 4. The fourth-order valence-corrected chi connectivity index (χ4v) is 3.70. The minimum atomic E-state index is -0.225. The molecule has 1 heterocycles. The summed E-state index contributed by atoms with van der Waals surface area (Å²) >= 11 is 0. The van der Waals surface area contributed by atoms with E-state index in [9.17, 15) is 4.79 Å². The van der Waals surface area contributed by atoms with Gasteiger partial charge in [-0.2, -0.15) is 0 Å². The van der Waals surface area contributed by atoms with Crippen LogP contribution in [0.2, 0.25) is 0 Å². The van der Waals surface area contributed by atoms with Crippen LogP contribution in [-0.4, -0.2) is 17.5 Å². The van der Waals surface area contributed by atoms with E-state index in [2.05, 4.69) is 42.3 Å². The van der Waals surface area contributed by atoms with Gasteiger partial charge in [-0.05, 0) is 79.3 Å². The molecule has 3 aromatic carbocycles. The molecule has 4 rings (SSSR count). The standard InChI is InChI=1S/C27H28N2O3/c1-5-18(3)20-9-11-23(12-10-20)31-16-25(30)28-22-8-6-7-21(15-22)27-29-24-14-17(2)13-19(4)26(24)32-27/h6-15,18H,5,16H2,1-4H3,(H,28,30)/t18-/m1/s1. The van der Waals surface area contributed by atoms with Gasteiger partial charge in [0, 0.05) is 11.3 Å². The summed E-state index contributed by atoms with van der Waals surface area (Å²) in [5.74, 6) is 1.49. The van der Waals surface area contributed by atoms with E-state index in [0.29, 0.717) is 23.2 Å². The van der Waals surface area contributed by atoms with Crippen LogP contribution in [0.5, 0.6) is 5.75 Å². The predicted molar refractivity (Wildman–Crippen MR) is 128 cm³/mol. The van der Waals surface area contributed by atoms with Crippen molar-refractivity contribution in [2.24, 2.45) is 0 Å². The Hall–Kier alpha value is -3.60. The Morgan fingerprint density at radius 3 is 2.62 bits per heavy atom. The molecule has 0 fully saturated rings. The third-order valence-corrected chi connectivity index (χ3v) is 5.64.